The van der Waals surface area contributed by atoms with E-state index in [1.165, 1.54) is 10.4 Å². The number of rotatable bonds is 5. The number of methoxy groups -OCH3 is 1. The zero-order valence-electron chi connectivity index (χ0n) is 18.8. The van der Waals surface area contributed by atoms with Crippen molar-refractivity contribution in [3.8, 4) is 5.75 Å². The van der Waals surface area contributed by atoms with Crippen molar-refractivity contribution in [3.63, 3.8) is 0 Å². The number of para-hydroxylation sites is 1. The van der Waals surface area contributed by atoms with Crippen molar-refractivity contribution in [3.05, 3.63) is 93.5 Å². The minimum Gasteiger partial charge on any atom is -0.497 e. The van der Waals surface area contributed by atoms with Crippen LogP contribution in [0.5, 0.6) is 5.75 Å². The van der Waals surface area contributed by atoms with Gasteiger partial charge in [0.15, 0.2) is 0 Å². The molecule has 0 saturated carbocycles. The SMILES string of the molecule is COc1ccc(NC2CCc3c(sc4ncn(Cc5cccc6cccnc56)c(=O)c34)C2)cc1. The summed E-state index contributed by atoms with van der Waals surface area (Å²) in [4.78, 5) is 24.8. The van der Waals surface area contributed by atoms with Crippen LogP contribution in [0, 0.1) is 0 Å². The van der Waals surface area contributed by atoms with Gasteiger partial charge in [-0.3, -0.25) is 14.3 Å². The Kier molecular flexibility index (Phi) is 5.26. The molecule has 1 unspecified atom stereocenters. The minimum absolute atomic E-state index is 0.0389. The highest BCUT2D eigenvalue weighted by atomic mass is 32.1. The molecule has 3 aromatic heterocycles. The van der Waals surface area contributed by atoms with Crippen molar-refractivity contribution in [2.45, 2.75) is 31.8 Å². The van der Waals surface area contributed by atoms with Gasteiger partial charge in [0, 0.05) is 34.6 Å². The highest BCUT2D eigenvalue weighted by Gasteiger charge is 2.25. The topological polar surface area (TPSA) is 69.0 Å². The predicted octanol–water partition coefficient (Wildman–Crippen LogP) is 5.03. The summed E-state index contributed by atoms with van der Waals surface area (Å²) < 4.78 is 6.97. The summed E-state index contributed by atoms with van der Waals surface area (Å²) in [5.74, 6) is 0.850. The van der Waals surface area contributed by atoms with Gasteiger partial charge >= 0.3 is 0 Å². The number of aryl methyl sites for hydroxylation is 1. The molecule has 0 bridgehead atoms. The third-order valence-corrected chi connectivity index (χ3v) is 7.72. The van der Waals surface area contributed by atoms with Crippen LogP contribution in [0.1, 0.15) is 22.4 Å². The Morgan fingerprint density at radius 2 is 1.97 bits per heavy atom. The molecule has 1 N–H and O–H groups in total. The summed E-state index contributed by atoms with van der Waals surface area (Å²) in [6, 6.07) is 18.4. The Bertz CT molecular complexity index is 1550. The molecule has 3 heterocycles. The molecule has 1 aliphatic rings. The molecule has 2 aromatic carbocycles. The molecule has 34 heavy (non-hydrogen) atoms. The number of benzene rings is 2. The summed E-state index contributed by atoms with van der Waals surface area (Å²) in [7, 11) is 1.67. The average molecular weight is 469 g/mol. The average Bonchev–Trinajstić information content (AvgIpc) is 3.25. The van der Waals surface area contributed by atoms with Crippen molar-refractivity contribution in [2.24, 2.45) is 0 Å². The van der Waals surface area contributed by atoms with Crippen LogP contribution >= 0.6 is 11.3 Å². The van der Waals surface area contributed by atoms with Gasteiger partial charge in [-0.05, 0) is 54.3 Å². The maximum atomic E-state index is 13.5. The van der Waals surface area contributed by atoms with Crippen LogP contribution in [0.2, 0.25) is 0 Å². The number of ether oxygens (including phenoxy) is 1. The van der Waals surface area contributed by atoms with Gasteiger partial charge in [0.25, 0.3) is 5.56 Å². The summed E-state index contributed by atoms with van der Waals surface area (Å²) >= 11 is 1.66. The van der Waals surface area contributed by atoms with Gasteiger partial charge in [-0.1, -0.05) is 24.3 Å². The largest absolute Gasteiger partial charge is 0.497 e. The number of fused-ring (bicyclic) bond motifs is 4. The normalized spacial score (nSPS) is 15.4. The standard InChI is InChI=1S/C27H24N4O2S/c1-33-21-10-7-19(8-11-21)30-20-9-12-22-23(14-20)34-26-24(22)27(32)31(16-29-26)15-18-5-2-4-17-6-3-13-28-25(17)18/h2-8,10-11,13,16,20,30H,9,12,14-15H2,1H3. The first-order valence-electron chi connectivity index (χ1n) is 11.4. The van der Waals surface area contributed by atoms with Gasteiger partial charge in [0.1, 0.15) is 10.6 Å². The molecule has 6 nitrogen and oxygen atoms in total. The van der Waals surface area contributed by atoms with Crippen LogP contribution in [-0.2, 0) is 19.4 Å². The summed E-state index contributed by atoms with van der Waals surface area (Å²) in [5, 5.41) is 5.50. The molecule has 1 atom stereocenters. The number of anilines is 1. The lowest BCUT2D eigenvalue weighted by Crippen LogP contribution is -2.27. The van der Waals surface area contributed by atoms with Crippen molar-refractivity contribution in [1.29, 1.82) is 0 Å². The lowest BCUT2D eigenvalue weighted by molar-refractivity contribution is 0.415. The molecular weight excluding hydrogens is 444 g/mol. The van der Waals surface area contributed by atoms with Crippen LogP contribution in [0.15, 0.2) is 71.9 Å². The van der Waals surface area contributed by atoms with Crippen molar-refractivity contribution < 1.29 is 4.74 Å². The fourth-order valence-corrected chi connectivity index (χ4v) is 6.10. The second kappa shape index (κ2) is 8.57. The van der Waals surface area contributed by atoms with Gasteiger partial charge in [-0.2, -0.15) is 0 Å². The van der Waals surface area contributed by atoms with Crippen LogP contribution in [0.25, 0.3) is 21.1 Å². The van der Waals surface area contributed by atoms with Crippen LogP contribution < -0.4 is 15.6 Å². The van der Waals surface area contributed by atoms with Crippen molar-refractivity contribution >= 4 is 38.1 Å². The molecule has 170 valence electrons. The maximum absolute atomic E-state index is 13.5. The Morgan fingerprint density at radius 1 is 1.12 bits per heavy atom. The maximum Gasteiger partial charge on any atom is 0.262 e. The number of aromatic nitrogens is 3. The van der Waals surface area contributed by atoms with E-state index in [1.54, 1.807) is 35.5 Å². The van der Waals surface area contributed by atoms with Crippen molar-refractivity contribution in [1.82, 2.24) is 14.5 Å². The first-order valence-corrected chi connectivity index (χ1v) is 12.2. The lowest BCUT2D eigenvalue weighted by atomic mass is 9.93. The highest BCUT2D eigenvalue weighted by molar-refractivity contribution is 7.18. The lowest BCUT2D eigenvalue weighted by Gasteiger charge is -2.24. The Morgan fingerprint density at radius 3 is 2.82 bits per heavy atom. The van der Waals surface area contributed by atoms with E-state index < -0.39 is 0 Å². The van der Waals surface area contributed by atoms with Crippen LogP contribution in [-0.4, -0.2) is 27.7 Å². The quantitative estimate of drug-likeness (QED) is 0.392. The number of nitrogens with one attached hydrogen (secondary N) is 1. The number of thiophene rings is 1. The van der Waals surface area contributed by atoms with Crippen molar-refractivity contribution in [2.75, 3.05) is 12.4 Å². The molecule has 0 amide bonds. The van der Waals surface area contributed by atoms with E-state index in [4.69, 9.17) is 4.74 Å². The van der Waals surface area contributed by atoms with Crippen LogP contribution in [0.4, 0.5) is 5.69 Å². The second-order valence-corrected chi connectivity index (χ2v) is 9.75. The highest BCUT2D eigenvalue weighted by Crippen LogP contribution is 2.34. The first kappa shape index (κ1) is 20.9. The number of pyridine rings is 1. The zero-order valence-corrected chi connectivity index (χ0v) is 19.6. The van der Waals surface area contributed by atoms with E-state index in [9.17, 15) is 4.79 Å². The molecule has 0 saturated heterocycles. The van der Waals surface area contributed by atoms with E-state index in [0.717, 1.165) is 57.4 Å². The molecule has 0 spiro atoms. The fourth-order valence-electron chi connectivity index (χ4n) is 4.84. The summed E-state index contributed by atoms with van der Waals surface area (Å²) in [5.41, 5.74) is 4.25. The number of nitrogens with zero attached hydrogens (tertiary/aromatic N) is 3. The van der Waals surface area contributed by atoms with Crippen LogP contribution in [0.3, 0.4) is 0 Å². The van der Waals surface area contributed by atoms with Gasteiger partial charge < -0.3 is 10.1 Å². The Labute approximate surface area is 200 Å². The third-order valence-electron chi connectivity index (χ3n) is 6.55. The van der Waals surface area contributed by atoms with E-state index in [2.05, 4.69) is 15.3 Å². The predicted molar refractivity (Wildman–Crippen MR) is 137 cm³/mol. The molecule has 0 fully saturated rings. The monoisotopic (exact) mass is 468 g/mol. The molecule has 7 heteroatoms. The first-order chi connectivity index (χ1) is 16.7. The van der Waals surface area contributed by atoms with Gasteiger partial charge in [-0.25, -0.2) is 4.98 Å². The number of hydrogen-bond acceptors (Lipinski definition) is 6. The molecule has 1 aliphatic carbocycles. The molecule has 0 aliphatic heterocycles. The molecule has 5 aromatic rings. The molecule has 6 rings (SSSR count). The van der Waals surface area contributed by atoms with E-state index in [1.807, 2.05) is 54.6 Å². The Balaban J connectivity index is 1.29. The summed E-state index contributed by atoms with van der Waals surface area (Å²) in [6.07, 6.45) is 6.23. The molecular formula is C27H24N4O2S. The Hall–Kier alpha value is -3.71. The third kappa shape index (κ3) is 3.72. The van der Waals surface area contributed by atoms with E-state index in [-0.39, 0.29) is 5.56 Å². The number of hydrogen-bond donors (Lipinski definition) is 1. The summed E-state index contributed by atoms with van der Waals surface area (Å²) in [6.45, 7) is 0.461. The zero-order chi connectivity index (χ0) is 23.1. The smallest absolute Gasteiger partial charge is 0.262 e. The van der Waals surface area contributed by atoms with Gasteiger partial charge in [0.2, 0.25) is 0 Å². The van der Waals surface area contributed by atoms with E-state index >= 15 is 0 Å². The second-order valence-electron chi connectivity index (χ2n) is 8.67. The molecule has 0 radical (unpaired) electrons. The van der Waals surface area contributed by atoms with E-state index in [0.29, 0.717) is 12.6 Å². The van der Waals surface area contributed by atoms with Gasteiger partial charge in [0.05, 0.1) is 30.9 Å². The fraction of sp³-hybridized carbons (Fsp3) is 0.222. The van der Waals surface area contributed by atoms with Gasteiger partial charge in [-0.15, -0.1) is 11.3 Å². The minimum atomic E-state index is 0.0389.